The molecule has 0 saturated heterocycles. The van der Waals surface area contributed by atoms with E-state index in [4.69, 9.17) is 15.0 Å². The molecule has 0 aliphatic rings. The van der Waals surface area contributed by atoms with Crippen LogP contribution in [0.25, 0.3) is 66.9 Å². The van der Waals surface area contributed by atoms with Gasteiger partial charge in [0.25, 0.3) is 0 Å². The smallest absolute Gasteiger partial charge is 0.160 e. The van der Waals surface area contributed by atoms with Crippen LogP contribution in [0.2, 0.25) is 0 Å². The van der Waals surface area contributed by atoms with Gasteiger partial charge in [-0.25, -0.2) is 9.97 Å². The van der Waals surface area contributed by atoms with E-state index in [0.717, 1.165) is 66.8 Å². The van der Waals surface area contributed by atoms with Crippen molar-refractivity contribution in [2.75, 3.05) is 6.54 Å². The molecule has 0 spiro atoms. The topological polar surface area (TPSA) is 50.5 Å². The Bertz CT molecular complexity index is 3080. The van der Waals surface area contributed by atoms with Crippen molar-refractivity contribution in [1.82, 2.24) is 9.97 Å². The number of nitrogens with zero attached hydrogens (tertiary/aromatic N) is 4. The molecule has 0 radical (unpaired) electrons. The maximum atomic E-state index is 5.19. The first-order valence-corrected chi connectivity index (χ1v) is 22.7. The number of hydrogen-bond acceptors (Lipinski definition) is 4. The first kappa shape index (κ1) is 45.0. The lowest BCUT2D eigenvalue weighted by Crippen LogP contribution is -2.11. The molecule has 4 nitrogen and oxygen atoms in total. The Morgan fingerprint density at radius 1 is 0.530 bits per heavy atom. The molecule has 0 fully saturated rings. The van der Waals surface area contributed by atoms with Gasteiger partial charge in [-0.15, -0.1) is 0 Å². The van der Waals surface area contributed by atoms with Gasteiger partial charge >= 0.3 is 0 Å². The number of fused-ring (bicyclic) bond motifs is 1. The van der Waals surface area contributed by atoms with Crippen molar-refractivity contribution in [2.45, 2.75) is 58.9 Å². The highest BCUT2D eigenvalue weighted by atomic mass is 14.9. The zero-order valence-corrected chi connectivity index (χ0v) is 39.1. The Kier molecular flexibility index (Phi) is 13.4. The average molecular weight is 859 g/mol. The lowest BCUT2D eigenvalue weighted by molar-refractivity contribution is 0.590. The van der Waals surface area contributed by atoms with E-state index >= 15 is 0 Å². The second kappa shape index (κ2) is 19.7. The lowest BCUT2D eigenvalue weighted by Gasteiger charge is -2.19. The third-order valence-electron chi connectivity index (χ3n) is 12.0. The number of aliphatic imine (C=N–C) groups is 2. The Hall–Kier alpha value is -7.56. The van der Waals surface area contributed by atoms with Crippen LogP contribution in [0.15, 0.2) is 216 Å². The van der Waals surface area contributed by atoms with E-state index in [1.807, 2.05) is 30.4 Å². The third-order valence-corrected chi connectivity index (χ3v) is 12.0. The van der Waals surface area contributed by atoms with Gasteiger partial charge in [0.15, 0.2) is 5.82 Å². The van der Waals surface area contributed by atoms with Gasteiger partial charge in [-0.1, -0.05) is 236 Å². The predicted octanol–water partition coefficient (Wildman–Crippen LogP) is 15.9. The molecular weight excluding hydrogens is 801 g/mol. The van der Waals surface area contributed by atoms with Gasteiger partial charge in [-0.2, -0.15) is 0 Å². The number of aromatic nitrogens is 2. The molecule has 0 amide bonds. The summed E-state index contributed by atoms with van der Waals surface area (Å²) >= 11 is 0. The molecule has 7 aromatic carbocycles. The fraction of sp³-hybridized carbons (Fsp3) is 0.161. The Labute approximate surface area is 391 Å². The number of rotatable bonds is 13. The normalized spacial score (nSPS) is 12.3. The zero-order chi connectivity index (χ0) is 46.3. The molecule has 0 unspecified atom stereocenters. The minimum atomic E-state index is 0.0610. The Balaban J connectivity index is 1.06. The first-order chi connectivity index (χ1) is 31.9. The molecule has 1 heterocycles. The molecule has 0 bridgehead atoms. The SMILES string of the molecule is C=NC/C=C\C=C/C(=C)/C(=N\Cc1ccc(-c2ccccc2-c2ccccc2-c2ccc(-c3nc(-c4ccc(C(C)(C)C)cc4)c4ccccc4n3)cc2)cc1)c1ccc(C(C)(C)C)cc1. The molecule has 4 heteroatoms. The minimum absolute atomic E-state index is 0.0610. The summed E-state index contributed by atoms with van der Waals surface area (Å²) < 4.78 is 0. The van der Waals surface area contributed by atoms with Crippen LogP contribution in [-0.4, -0.2) is 28.9 Å². The van der Waals surface area contributed by atoms with Crippen LogP contribution in [-0.2, 0) is 17.4 Å². The quantitative estimate of drug-likeness (QED) is 0.0857. The molecule has 0 aliphatic carbocycles. The van der Waals surface area contributed by atoms with Gasteiger partial charge < -0.3 is 0 Å². The van der Waals surface area contributed by atoms with Gasteiger partial charge in [0.2, 0.25) is 0 Å². The van der Waals surface area contributed by atoms with Crippen LogP contribution in [0.3, 0.4) is 0 Å². The molecule has 8 rings (SSSR count). The van der Waals surface area contributed by atoms with E-state index < -0.39 is 0 Å². The fourth-order valence-corrected chi connectivity index (χ4v) is 8.22. The summed E-state index contributed by atoms with van der Waals surface area (Å²) in [6.07, 6.45) is 7.92. The van der Waals surface area contributed by atoms with Gasteiger partial charge in [0.1, 0.15) is 0 Å². The largest absolute Gasteiger partial charge is 0.297 e. The summed E-state index contributed by atoms with van der Waals surface area (Å²) in [6.45, 7) is 22.5. The van der Waals surface area contributed by atoms with Crippen molar-refractivity contribution < 1.29 is 0 Å². The van der Waals surface area contributed by atoms with Gasteiger partial charge in [0, 0.05) is 22.1 Å². The van der Waals surface area contributed by atoms with Crippen LogP contribution in [0.1, 0.15) is 63.8 Å². The van der Waals surface area contributed by atoms with Crippen molar-refractivity contribution in [3.63, 3.8) is 0 Å². The number of para-hydroxylation sites is 1. The van der Waals surface area contributed by atoms with Crippen molar-refractivity contribution in [3.05, 3.63) is 229 Å². The van der Waals surface area contributed by atoms with Crippen molar-refractivity contribution in [2.24, 2.45) is 9.98 Å². The van der Waals surface area contributed by atoms with E-state index in [0.29, 0.717) is 18.9 Å². The van der Waals surface area contributed by atoms with E-state index in [-0.39, 0.29) is 10.8 Å². The molecule has 0 atom stereocenters. The number of allylic oxidation sites excluding steroid dienone is 4. The molecular formula is C62H58N4. The highest BCUT2D eigenvalue weighted by molar-refractivity contribution is 6.14. The molecule has 8 aromatic rings. The monoisotopic (exact) mass is 858 g/mol. The van der Waals surface area contributed by atoms with Crippen molar-refractivity contribution in [1.29, 1.82) is 0 Å². The second-order valence-electron chi connectivity index (χ2n) is 18.8. The van der Waals surface area contributed by atoms with Crippen molar-refractivity contribution >= 4 is 23.3 Å². The molecule has 1 aromatic heterocycles. The average Bonchev–Trinajstić information content (AvgIpc) is 3.33. The van der Waals surface area contributed by atoms with Gasteiger partial charge in [0.05, 0.1) is 30.0 Å². The maximum Gasteiger partial charge on any atom is 0.160 e. The van der Waals surface area contributed by atoms with Crippen LogP contribution >= 0.6 is 0 Å². The second-order valence-corrected chi connectivity index (χ2v) is 18.8. The molecule has 0 N–H and O–H groups in total. The Morgan fingerprint density at radius 3 is 1.61 bits per heavy atom. The fourth-order valence-electron chi connectivity index (χ4n) is 8.22. The van der Waals surface area contributed by atoms with Gasteiger partial charge in [-0.3, -0.25) is 9.98 Å². The third kappa shape index (κ3) is 10.4. The summed E-state index contributed by atoms with van der Waals surface area (Å²) in [6, 6.07) is 60.6. The molecule has 0 aliphatic heterocycles. The van der Waals surface area contributed by atoms with Gasteiger partial charge in [-0.05, 0) is 79.3 Å². The summed E-state index contributed by atoms with van der Waals surface area (Å²) in [7, 11) is 0. The summed E-state index contributed by atoms with van der Waals surface area (Å²) in [5.74, 6) is 0.709. The summed E-state index contributed by atoms with van der Waals surface area (Å²) in [5.41, 5.74) is 17.5. The standard InChI is InChI=1S/C62H58N4/c1-43(18-10-9-17-41-63-8)58(47-33-37-50(38-34-47)61(2,3)4)64-42-44-25-27-45(28-26-44)52-19-11-13-21-54(52)55-22-14-12-20-53(55)46-29-31-49(32-30-46)60-65-57-24-16-15-23-56(57)59(66-60)48-35-39-51(40-36-48)62(5,6)7/h9-40H,1,8,41-42H2,2-7H3/b17-9-,18-10-,64-58+. The Morgan fingerprint density at radius 2 is 1.03 bits per heavy atom. The highest BCUT2D eigenvalue weighted by Gasteiger charge is 2.18. The van der Waals surface area contributed by atoms with Crippen LogP contribution in [0.5, 0.6) is 0 Å². The molecule has 0 saturated carbocycles. The zero-order valence-electron chi connectivity index (χ0n) is 39.1. The summed E-state index contributed by atoms with van der Waals surface area (Å²) in [5, 5.41) is 1.04. The van der Waals surface area contributed by atoms with Crippen LogP contribution in [0, 0.1) is 0 Å². The van der Waals surface area contributed by atoms with Crippen LogP contribution in [0.4, 0.5) is 0 Å². The van der Waals surface area contributed by atoms with E-state index in [1.165, 1.54) is 27.8 Å². The van der Waals surface area contributed by atoms with Crippen molar-refractivity contribution in [3.8, 4) is 56.0 Å². The first-order valence-electron chi connectivity index (χ1n) is 22.7. The van der Waals surface area contributed by atoms with E-state index in [1.54, 1.807) is 0 Å². The van der Waals surface area contributed by atoms with E-state index in [2.05, 4.69) is 224 Å². The molecule has 326 valence electrons. The maximum absolute atomic E-state index is 5.19. The highest BCUT2D eigenvalue weighted by Crippen LogP contribution is 2.39. The lowest BCUT2D eigenvalue weighted by atomic mass is 9.86. The van der Waals surface area contributed by atoms with Crippen LogP contribution < -0.4 is 0 Å². The predicted molar refractivity (Wildman–Crippen MR) is 283 cm³/mol. The summed E-state index contributed by atoms with van der Waals surface area (Å²) in [4.78, 5) is 19.3. The number of hydrogen-bond donors (Lipinski definition) is 0. The van der Waals surface area contributed by atoms with E-state index in [9.17, 15) is 0 Å². The number of benzene rings is 7. The minimum Gasteiger partial charge on any atom is -0.297 e. The molecule has 66 heavy (non-hydrogen) atoms.